The summed E-state index contributed by atoms with van der Waals surface area (Å²) in [6.07, 6.45) is 4.03. The number of non-ortho nitro benzene ring substituents is 1. The zero-order valence-corrected chi connectivity index (χ0v) is 11.4. The van der Waals surface area contributed by atoms with E-state index in [4.69, 9.17) is 9.47 Å². The Morgan fingerprint density at radius 3 is 2.80 bits per heavy atom. The lowest BCUT2D eigenvalue weighted by molar-refractivity contribution is -0.385. The summed E-state index contributed by atoms with van der Waals surface area (Å²) in [7, 11) is 1.69. The molecule has 1 fully saturated rings. The van der Waals surface area contributed by atoms with Gasteiger partial charge in [0.05, 0.1) is 17.6 Å². The average molecular weight is 281 g/mol. The molecular formula is C14H19NO5. The molecule has 0 radical (unpaired) electrons. The maximum absolute atomic E-state index is 10.7. The first kappa shape index (κ1) is 14.7. The van der Waals surface area contributed by atoms with E-state index in [1.807, 2.05) is 0 Å². The number of rotatable bonds is 5. The summed E-state index contributed by atoms with van der Waals surface area (Å²) in [5, 5.41) is 20.0. The van der Waals surface area contributed by atoms with Crippen molar-refractivity contribution in [3.05, 3.63) is 33.9 Å². The van der Waals surface area contributed by atoms with Crippen LogP contribution in [0, 0.1) is 10.1 Å². The minimum Gasteiger partial charge on any atom is -0.490 e. The maximum atomic E-state index is 10.7. The molecule has 0 saturated heterocycles. The highest BCUT2D eigenvalue weighted by Crippen LogP contribution is 2.29. The molecule has 0 bridgehead atoms. The number of nitro benzene ring substituents is 1. The smallest absolute Gasteiger partial charge is 0.270 e. The molecule has 2 atom stereocenters. The van der Waals surface area contributed by atoms with Gasteiger partial charge < -0.3 is 14.6 Å². The summed E-state index contributed by atoms with van der Waals surface area (Å²) < 4.78 is 11.2. The van der Waals surface area contributed by atoms with Crippen molar-refractivity contribution in [2.24, 2.45) is 0 Å². The summed E-state index contributed by atoms with van der Waals surface area (Å²) in [5.74, 6) is 0.514. The van der Waals surface area contributed by atoms with Gasteiger partial charge in [0, 0.05) is 31.2 Å². The minimum absolute atomic E-state index is 0.0282. The van der Waals surface area contributed by atoms with Gasteiger partial charge in [0.2, 0.25) is 0 Å². The number of hydrogen-bond donors (Lipinski definition) is 1. The van der Waals surface area contributed by atoms with E-state index in [1.54, 1.807) is 13.2 Å². The number of nitro groups is 1. The predicted molar refractivity (Wildman–Crippen MR) is 72.7 cm³/mol. The van der Waals surface area contributed by atoms with Gasteiger partial charge in [0.15, 0.2) is 0 Å². The molecule has 1 aliphatic carbocycles. The van der Waals surface area contributed by atoms with Crippen LogP contribution in [0.2, 0.25) is 0 Å². The summed E-state index contributed by atoms with van der Waals surface area (Å²) in [4.78, 5) is 10.2. The second-order valence-electron chi connectivity index (χ2n) is 4.97. The molecule has 20 heavy (non-hydrogen) atoms. The van der Waals surface area contributed by atoms with Crippen LogP contribution < -0.4 is 4.74 Å². The number of aliphatic hydroxyl groups excluding tert-OH is 1. The van der Waals surface area contributed by atoms with Crippen molar-refractivity contribution in [1.82, 2.24) is 0 Å². The molecule has 1 aliphatic rings. The summed E-state index contributed by atoms with van der Waals surface area (Å²) >= 11 is 0. The van der Waals surface area contributed by atoms with Gasteiger partial charge >= 0.3 is 0 Å². The van der Waals surface area contributed by atoms with Crippen LogP contribution in [0.3, 0.4) is 0 Å². The first-order chi connectivity index (χ1) is 9.63. The molecule has 2 rings (SSSR count). The van der Waals surface area contributed by atoms with Crippen molar-refractivity contribution < 1.29 is 19.5 Å². The molecule has 0 heterocycles. The fraction of sp³-hybridized carbons (Fsp3) is 0.571. The maximum Gasteiger partial charge on any atom is 0.270 e. The second-order valence-corrected chi connectivity index (χ2v) is 4.97. The van der Waals surface area contributed by atoms with E-state index in [1.165, 1.54) is 12.1 Å². The zero-order chi connectivity index (χ0) is 14.5. The Kier molecular flexibility index (Phi) is 4.92. The molecule has 0 spiro atoms. The van der Waals surface area contributed by atoms with Gasteiger partial charge in [-0.05, 0) is 25.3 Å². The van der Waals surface area contributed by atoms with Crippen molar-refractivity contribution in [2.45, 2.75) is 44.5 Å². The van der Waals surface area contributed by atoms with E-state index in [9.17, 15) is 15.2 Å². The van der Waals surface area contributed by atoms with Gasteiger partial charge in [0.1, 0.15) is 11.9 Å². The zero-order valence-electron chi connectivity index (χ0n) is 11.4. The molecular weight excluding hydrogens is 262 g/mol. The van der Waals surface area contributed by atoms with E-state index in [0.29, 0.717) is 11.3 Å². The van der Waals surface area contributed by atoms with Crippen molar-refractivity contribution in [3.63, 3.8) is 0 Å². The van der Waals surface area contributed by atoms with Gasteiger partial charge in [-0.2, -0.15) is 0 Å². The van der Waals surface area contributed by atoms with Crippen LogP contribution in [0.25, 0.3) is 0 Å². The molecule has 1 saturated carbocycles. The van der Waals surface area contributed by atoms with Crippen LogP contribution >= 0.6 is 0 Å². The van der Waals surface area contributed by atoms with Crippen molar-refractivity contribution in [2.75, 3.05) is 7.11 Å². The predicted octanol–water partition coefficient (Wildman–Crippen LogP) is 2.42. The van der Waals surface area contributed by atoms with Crippen molar-refractivity contribution >= 4 is 5.69 Å². The highest BCUT2D eigenvalue weighted by Gasteiger charge is 2.24. The number of methoxy groups -OCH3 is 1. The second kappa shape index (κ2) is 6.67. The quantitative estimate of drug-likeness (QED) is 0.662. The van der Waals surface area contributed by atoms with Crippen molar-refractivity contribution in [1.29, 1.82) is 0 Å². The third kappa shape index (κ3) is 3.46. The molecule has 1 aromatic rings. The summed E-state index contributed by atoms with van der Waals surface area (Å²) in [5.41, 5.74) is 0.401. The highest BCUT2D eigenvalue weighted by atomic mass is 16.6. The third-order valence-electron chi connectivity index (χ3n) is 3.63. The summed E-state index contributed by atoms with van der Waals surface area (Å²) in [6, 6.07) is 4.30. The van der Waals surface area contributed by atoms with Gasteiger partial charge in [-0.15, -0.1) is 0 Å². The molecule has 0 aromatic heterocycles. The number of benzene rings is 1. The van der Waals surface area contributed by atoms with Crippen LogP contribution in [-0.4, -0.2) is 29.3 Å². The van der Waals surface area contributed by atoms with Gasteiger partial charge in [0.25, 0.3) is 5.69 Å². The summed E-state index contributed by atoms with van der Waals surface area (Å²) in [6.45, 7) is -0.280. The molecule has 2 unspecified atom stereocenters. The molecule has 0 amide bonds. The minimum atomic E-state index is -0.482. The fourth-order valence-electron chi connectivity index (χ4n) is 2.52. The first-order valence-electron chi connectivity index (χ1n) is 6.71. The largest absolute Gasteiger partial charge is 0.490 e. The first-order valence-corrected chi connectivity index (χ1v) is 6.71. The molecule has 6 nitrogen and oxygen atoms in total. The Bertz CT molecular complexity index is 477. The molecule has 1 aromatic carbocycles. The van der Waals surface area contributed by atoms with Crippen LogP contribution in [-0.2, 0) is 11.3 Å². The average Bonchev–Trinajstić information content (AvgIpc) is 2.47. The van der Waals surface area contributed by atoms with E-state index in [2.05, 4.69) is 0 Å². The van der Waals surface area contributed by atoms with Crippen molar-refractivity contribution in [3.8, 4) is 5.75 Å². The van der Waals surface area contributed by atoms with E-state index >= 15 is 0 Å². The Labute approximate surface area is 117 Å². The Morgan fingerprint density at radius 2 is 2.15 bits per heavy atom. The Hall–Kier alpha value is -1.66. The van der Waals surface area contributed by atoms with E-state index in [0.717, 1.165) is 25.7 Å². The third-order valence-corrected chi connectivity index (χ3v) is 3.63. The number of hydrogen-bond acceptors (Lipinski definition) is 5. The van der Waals surface area contributed by atoms with Crippen LogP contribution in [0.5, 0.6) is 5.75 Å². The highest BCUT2D eigenvalue weighted by molar-refractivity contribution is 5.43. The Balaban J connectivity index is 2.10. The molecule has 110 valence electrons. The number of aliphatic hydroxyl groups is 1. The van der Waals surface area contributed by atoms with E-state index < -0.39 is 4.92 Å². The molecule has 1 N–H and O–H groups in total. The number of nitrogens with zero attached hydrogens (tertiary/aromatic N) is 1. The fourth-order valence-corrected chi connectivity index (χ4v) is 2.52. The lowest BCUT2D eigenvalue weighted by Crippen LogP contribution is -2.29. The monoisotopic (exact) mass is 281 g/mol. The van der Waals surface area contributed by atoms with Gasteiger partial charge in [-0.1, -0.05) is 0 Å². The van der Waals surface area contributed by atoms with Crippen LogP contribution in [0.4, 0.5) is 5.69 Å². The normalized spacial score (nSPS) is 22.5. The van der Waals surface area contributed by atoms with E-state index in [-0.39, 0.29) is 24.5 Å². The Morgan fingerprint density at radius 1 is 1.40 bits per heavy atom. The molecule has 6 heteroatoms. The van der Waals surface area contributed by atoms with Gasteiger partial charge in [-0.25, -0.2) is 0 Å². The standard InChI is InChI=1S/C14H19NO5/c1-19-12-3-2-4-13(8-12)20-14-6-5-11(15(17)18)7-10(14)9-16/h5-7,12-13,16H,2-4,8-9H2,1H3. The SMILES string of the molecule is COC1CCCC(Oc2ccc([N+](=O)[O-])cc2CO)C1. The van der Waals surface area contributed by atoms with Crippen LogP contribution in [0.15, 0.2) is 18.2 Å². The lowest BCUT2D eigenvalue weighted by atomic mass is 9.95. The lowest BCUT2D eigenvalue weighted by Gasteiger charge is -2.29. The molecule has 0 aliphatic heterocycles. The topological polar surface area (TPSA) is 81.8 Å². The van der Waals surface area contributed by atoms with Crippen LogP contribution in [0.1, 0.15) is 31.2 Å². The van der Waals surface area contributed by atoms with Gasteiger partial charge in [-0.3, -0.25) is 10.1 Å². The number of ether oxygens (including phenoxy) is 2.